The lowest BCUT2D eigenvalue weighted by atomic mass is 10.1. The summed E-state index contributed by atoms with van der Waals surface area (Å²) in [6.07, 6.45) is 6.65. The number of unbranched alkanes of at least 4 members (excludes halogenated alkanes) is 1. The fourth-order valence-electron chi connectivity index (χ4n) is 1.17. The lowest BCUT2D eigenvalue weighted by Crippen LogP contribution is -2.07. The van der Waals surface area contributed by atoms with Gasteiger partial charge in [-0.1, -0.05) is 39.5 Å². The quantitative estimate of drug-likeness (QED) is 0.695. The Bertz CT molecular complexity index is 113. The van der Waals surface area contributed by atoms with Crippen LogP contribution in [0.1, 0.15) is 52.4 Å². The van der Waals surface area contributed by atoms with Gasteiger partial charge in [0.25, 0.3) is 0 Å². The molecule has 0 aromatic heterocycles. The molecule has 0 radical (unpaired) electrons. The van der Waals surface area contributed by atoms with Gasteiger partial charge < -0.3 is 5.11 Å². The van der Waals surface area contributed by atoms with Crippen LogP contribution >= 0.6 is 0 Å². The molecule has 0 bridgehead atoms. The number of aliphatic carboxylic acids is 1. The zero-order chi connectivity index (χ0) is 9.40. The number of carboxylic acid groups (broad SMARTS) is 1. The van der Waals surface area contributed by atoms with E-state index in [0.717, 1.165) is 25.7 Å². The van der Waals surface area contributed by atoms with Gasteiger partial charge in [-0.3, -0.25) is 4.79 Å². The Hall–Kier alpha value is -0.530. The summed E-state index contributed by atoms with van der Waals surface area (Å²) < 4.78 is 0. The Morgan fingerprint density at radius 3 is 1.83 bits per heavy atom. The summed E-state index contributed by atoms with van der Waals surface area (Å²) in [5.41, 5.74) is 0. The summed E-state index contributed by atoms with van der Waals surface area (Å²) in [6, 6.07) is 0. The van der Waals surface area contributed by atoms with Gasteiger partial charge >= 0.3 is 5.97 Å². The summed E-state index contributed by atoms with van der Waals surface area (Å²) in [7, 11) is 0. The second kappa shape index (κ2) is 7.14. The van der Waals surface area contributed by atoms with Crippen molar-refractivity contribution < 1.29 is 9.90 Å². The Labute approximate surface area is 75.0 Å². The average Bonchev–Trinajstić information content (AvgIpc) is 2.57. The van der Waals surface area contributed by atoms with Crippen molar-refractivity contribution in [2.75, 3.05) is 0 Å². The van der Waals surface area contributed by atoms with Crippen LogP contribution < -0.4 is 0 Å². The standard InChI is InChI=1S/C6H10O2.C4H10/c7-6(8)5-3-1-2-4-5;1-3-4-2/h5H,1-4H2,(H,7,8);3-4H2,1-2H3. The lowest BCUT2D eigenvalue weighted by Gasteiger charge is -1.97. The third-order valence-corrected chi connectivity index (χ3v) is 2.20. The molecule has 0 unspecified atom stereocenters. The van der Waals surface area contributed by atoms with Crippen molar-refractivity contribution >= 4 is 5.97 Å². The molecule has 1 N–H and O–H groups in total. The number of rotatable bonds is 2. The van der Waals surface area contributed by atoms with Gasteiger partial charge in [-0.15, -0.1) is 0 Å². The highest BCUT2D eigenvalue weighted by Crippen LogP contribution is 2.24. The van der Waals surface area contributed by atoms with E-state index >= 15 is 0 Å². The molecule has 0 heterocycles. The van der Waals surface area contributed by atoms with Crippen molar-refractivity contribution in [1.29, 1.82) is 0 Å². The fraction of sp³-hybridized carbons (Fsp3) is 0.900. The summed E-state index contributed by atoms with van der Waals surface area (Å²) >= 11 is 0. The first-order valence-electron chi connectivity index (χ1n) is 4.95. The van der Waals surface area contributed by atoms with Gasteiger partial charge in [0.1, 0.15) is 0 Å². The van der Waals surface area contributed by atoms with Crippen LogP contribution in [0.15, 0.2) is 0 Å². The first kappa shape index (κ1) is 11.5. The normalized spacial score (nSPS) is 16.8. The monoisotopic (exact) mass is 172 g/mol. The Morgan fingerprint density at radius 1 is 1.25 bits per heavy atom. The van der Waals surface area contributed by atoms with Gasteiger partial charge in [0.05, 0.1) is 5.92 Å². The van der Waals surface area contributed by atoms with Crippen LogP contribution in [-0.2, 0) is 4.79 Å². The van der Waals surface area contributed by atoms with E-state index in [1.807, 2.05) is 0 Å². The number of carboxylic acids is 1. The molecule has 72 valence electrons. The minimum atomic E-state index is -0.609. The minimum Gasteiger partial charge on any atom is -0.481 e. The van der Waals surface area contributed by atoms with Gasteiger partial charge in [-0.05, 0) is 12.8 Å². The Kier molecular flexibility index (Phi) is 6.82. The van der Waals surface area contributed by atoms with E-state index in [4.69, 9.17) is 5.11 Å². The smallest absolute Gasteiger partial charge is 0.306 e. The molecule has 1 aliphatic rings. The molecule has 0 amide bonds. The van der Waals surface area contributed by atoms with Gasteiger partial charge in [-0.2, -0.15) is 0 Å². The molecule has 12 heavy (non-hydrogen) atoms. The number of carbonyl (C=O) groups is 1. The molecule has 0 spiro atoms. The number of hydrogen-bond donors (Lipinski definition) is 1. The molecular weight excluding hydrogens is 152 g/mol. The van der Waals surface area contributed by atoms with Crippen molar-refractivity contribution in [3.05, 3.63) is 0 Å². The Morgan fingerprint density at radius 2 is 1.67 bits per heavy atom. The SMILES string of the molecule is CCCC.O=C(O)C1CCCC1. The summed E-state index contributed by atoms with van der Waals surface area (Å²) in [5.74, 6) is -0.627. The van der Waals surface area contributed by atoms with Gasteiger partial charge in [0, 0.05) is 0 Å². The highest BCUT2D eigenvalue weighted by molar-refractivity contribution is 5.70. The van der Waals surface area contributed by atoms with E-state index in [1.165, 1.54) is 12.8 Å². The second-order valence-corrected chi connectivity index (χ2v) is 3.32. The van der Waals surface area contributed by atoms with Crippen molar-refractivity contribution in [1.82, 2.24) is 0 Å². The lowest BCUT2D eigenvalue weighted by molar-refractivity contribution is -0.141. The number of hydrogen-bond acceptors (Lipinski definition) is 1. The van der Waals surface area contributed by atoms with Gasteiger partial charge in [-0.25, -0.2) is 0 Å². The van der Waals surface area contributed by atoms with Gasteiger partial charge in [0.15, 0.2) is 0 Å². The summed E-state index contributed by atoms with van der Waals surface area (Å²) in [6.45, 7) is 4.36. The molecule has 0 aromatic rings. The van der Waals surface area contributed by atoms with Crippen molar-refractivity contribution in [2.24, 2.45) is 5.92 Å². The molecule has 1 saturated carbocycles. The van der Waals surface area contributed by atoms with E-state index in [2.05, 4.69) is 13.8 Å². The second-order valence-electron chi connectivity index (χ2n) is 3.32. The summed E-state index contributed by atoms with van der Waals surface area (Å²) in [4.78, 5) is 10.2. The molecular formula is C10H20O2. The highest BCUT2D eigenvalue weighted by atomic mass is 16.4. The Balaban J connectivity index is 0.000000261. The molecule has 1 rings (SSSR count). The topological polar surface area (TPSA) is 37.3 Å². The van der Waals surface area contributed by atoms with Crippen molar-refractivity contribution in [2.45, 2.75) is 52.4 Å². The van der Waals surface area contributed by atoms with Crippen LogP contribution in [0, 0.1) is 5.92 Å². The zero-order valence-electron chi connectivity index (χ0n) is 8.18. The third-order valence-electron chi connectivity index (χ3n) is 2.20. The van der Waals surface area contributed by atoms with E-state index in [-0.39, 0.29) is 5.92 Å². The minimum absolute atomic E-state index is 0.0185. The van der Waals surface area contributed by atoms with Crippen molar-refractivity contribution in [3.63, 3.8) is 0 Å². The molecule has 0 aliphatic heterocycles. The fourth-order valence-corrected chi connectivity index (χ4v) is 1.17. The van der Waals surface area contributed by atoms with Crippen LogP contribution in [0.5, 0.6) is 0 Å². The molecule has 2 heteroatoms. The third kappa shape index (κ3) is 5.16. The maximum absolute atomic E-state index is 10.2. The maximum atomic E-state index is 10.2. The van der Waals surface area contributed by atoms with Crippen molar-refractivity contribution in [3.8, 4) is 0 Å². The predicted octanol–water partition coefficient (Wildman–Crippen LogP) is 3.07. The molecule has 0 atom stereocenters. The molecule has 0 aromatic carbocycles. The zero-order valence-corrected chi connectivity index (χ0v) is 8.18. The average molecular weight is 172 g/mol. The van der Waals surface area contributed by atoms with E-state index in [1.54, 1.807) is 0 Å². The molecule has 2 nitrogen and oxygen atoms in total. The van der Waals surface area contributed by atoms with E-state index in [0.29, 0.717) is 0 Å². The molecule has 1 fully saturated rings. The van der Waals surface area contributed by atoms with E-state index < -0.39 is 5.97 Å². The van der Waals surface area contributed by atoms with Crippen LogP contribution in [0.4, 0.5) is 0 Å². The highest BCUT2D eigenvalue weighted by Gasteiger charge is 2.20. The van der Waals surface area contributed by atoms with Gasteiger partial charge in [0.2, 0.25) is 0 Å². The van der Waals surface area contributed by atoms with Crippen LogP contribution in [0.25, 0.3) is 0 Å². The molecule has 0 saturated heterocycles. The first-order chi connectivity index (χ1) is 5.72. The molecule has 1 aliphatic carbocycles. The summed E-state index contributed by atoms with van der Waals surface area (Å²) in [5, 5.41) is 8.41. The van der Waals surface area contributed by atoms with Crippen LogP contribution in [0.3, 0.4) is 0 Å². The maximum Gasteiger partial charge on any atom is 0.306 e. The van der Waals surface area contributed by atoms with Crippen LogP contribution in [-0.4, -0.2) is 11.1 Å². The van der Waals surface area contributed by atoms with E-state index in [9.17, 15) is 4.79 Å². The predicted molar refractivity (Wildman–Crippen MR) is 50.2 cm³/mol. The van der Waals surface area contributed by atoms with Crippen LogP contribution in [0.2, 0.25) is 0 Å². The first-order valence-corrected chi connectivity index (χ1v) is 4.95. The largest absolute Gasteiger partial charge is 0.481 e.